The number of hydrogen-bond acceptors (Lipinski definition) is 2. The lowest BCUT2D eigenvalue weighted by atomic mass is 10.2. The van der Waals surface area contributed by atoms with Gasteiger partial charge >= 0.3 is 0 Å². The fourth-order valence-corrected chi connectivity index (χ4v) is 1.09. The number of rotatable bonds is 3. The van der Waals surface area contributed by atoms with Crippen molar-refractivity contribution in [1.29, 1.82) is 0 Å². The highest BCUT2D eigenvalue weighted by molar-refractivity contribution is 6.22. The van der Waals surface area contributed by atoms with Crippen LogP contribution in [0.3, 0.4) is 0 Å². The highest BCUT2D eigenvalue weighted by Gasteiger charge is 2.14. The molecule has 0 radical (unpaired) electrons. The molecule has 1 aromatic rings. The Morgan fingerprint density at radius 3 is 2.62 bits per heavy atom. The quantitative estimate of drug-likeness (QED) is 0.733. The molecule has 13 heavy (non-hydrogen) atoms. The molecule has 0 bridgehead atoms. The number of aryl methyl sites for hydroxylation is 1. The summed E-state index contributed by atoms with van der Waals surface area (Å²) in [4.78, 5) is 0. The fraction of sp³-hybridized carbons (Fsp3) is 0.400. The Balaban J connectivity index is 2.60. The number of hydrogen-bond donors (Lipinski definition) is 2. The summed E-state index contributed by atoms with van der Waals surface area (Å²) in [7, 11) is 0. The minimum atomic E-state index is -1.19. The third-order valence-corrected chi connectivity index (χ3v) is 1.88. The van der Waals surface area contributed by atoms with Gasteiger partial charge in [0.1, 0.15) is 0 Å². The van der Waals surface area contributed by atoms with Crippen molar-refractivity contribution in [2.75, 3.05) is 11.9 Å². The summed E-state index contributed by atoms with van der Waals surface area (Å²) >= 11 is 5.63. The number of para-hydroxylation sites is 1. The Morgan fingerprint density at radius 1 is 1.46 bits per heavy atom. The Morgan fingerprint density at radius 2 is 2.08 bits per heavy atom. The van der Waals surface area contributed by atoms with Gasteiger partial charge in [0.05, 0.1) is 6.54 Å². The number of benzene rings is 1. The van der Waals surface area contributed by atoms with Crippen LogP contribution in [0.2, 0.25) is 0 Å². The minimum Gasteiger partial charge on any atom is -0.381 e. The Bertz CT molecular complexity index is 280. The normalized spacial score (nSPS) is 15.1. The first kappa shape index (κ1) is 10.4. The first-order valence-electron chi connectivity index (χ1n) is 4.20. The maximum absolute atomic E-state index is 9.27. The predicted molar refractivity (Wildman–Crippen MR) is 56.1 cm³/mol. The number of nitrogens with one attached hydrogen (secondary N) is 1. The van der Waals surface area contributed by atoms with Crippen molar-refractivity contribution in [2.45, 2.75) is 18.9 Å². The number of aliphatic hydroxyl groups is 1. The van der Waals surface area contributed by atoms with Crippen LogP contribution in [-0.4, -0.2) is 16.7 Å². The summed E-state index contributed by atoms with van der Waals surface area (Å²) in [5, 5.41) is 11.2. The second-order valence-electron chi connectivity index (χ2n) is 3.31. The Kier molecular flexibility index (Phi) is 3.17. The molecule has 0 amide bonds. The largest absolute Gasteiger partial charge is 0.381 e. The summed E-state index contributed by atoms with van der Waals surface area (Å²) in [6.45, 7) is 3.89. The van der Waals surface area contributed by atoms with E-state index in [1.54, 1.807) is 6.92 Å². The molecule has 3 heteroatoms. The topological polar surface area (TPSA) is 32.3 Å². The van der Waals surface area contributed by atoms with Crippen LogP contribution >= 0.6 is 11.6 Å². The van der Waals surface area contributed by atoms with Crippen LogP contribution in [0.25, 0.3) is 0 Å². The van der Waals surface area contributed by atoms with Crippen molar-refractivity contribution in [2.24, 2.45) is 0 Å². The average molecular weight is 200 g/mol. The molecule has 1 rings (SSSR count). The molecule has 0 fully saturated rings. The van der Waals surface area contributed by atoms with E-state index in [0.29, 0.717) is 6.54 Å². The number of anilines is 1. The lowest BCUT2D eigenvalue weighted by molar-refractivity contribution is 0.163. The molecule has 1 atom stereocenters. The van der Waals surface area contributed by atoms with Crippen molar-refractivity contribution in [3.63, 3.8) is 0 Å². The van der Waals surface area contributed by atoms with E-state index in [9.17, 15) is 5.11 Å². The minimum absolute atomic E-state index is 0.333. The SMILES string of the molecule is Cc1ccccc1NCC(C)(O)Cl. The summed E-state index contributed by atoms with van der Waals surface area (Å²) in [6.07, 6.45) is 0. The van der Waals surface area contributed by atoms with E-state index >= 15 is 0 Å². The zero-order chi connectivity index (χ0) is 9.90. The zero-order valence-electron chi connectivity index (χ0n) is 7.84. The van der Waals surface area contributed by atoms with Crippen LogP contribution in [0.15, 0.2) is 24.3 Å². The number of halogens is 1. The van der Waals surface area contributed by atoms with Gasteiger partial charge < -0.3 is 10.4 Å². The molecule has 0 aliphatic rings. The van der Waals surface area contributed by atoms with E-state index in [1.807, 2.05) is 31.2 Å². The van der Waals surface area contributed by atoms with E-state index in [-0.39, 0.29) is 0 Å². The van der Waals surface area contributed by atoms with Crippen LogP contribution in [0, 0.1) is 6.92 Å². The van der Waals surface area contributed by atoms with Gasteiger partial charge in [-0.2, -0.15) is 0 Å². The standard InChI is InChI=1S/C10H14ClNO/c1-8-5-3-4-6-9(8)12-7-10(2,11)13/h3-6,12-13H,7H2,1-2H3. The van der Waals surface area contributed by atoms with Gasteiger partial charge in [-0.3, -0.25) is 0 Å². The summed E-state index contributed by atoms with van der Waals surface area (Å²) in [5.74, 6) is 0. The van der Waals surface area contributed by atoms with E-state index in [4.69, 9.17) is 11.6 Å². The molecule has 2 N–H and O–H groups in total. The van der Waals surface area contributed by atoms with E-state index in [0.717, 1.165) is 11.3 Å². The maximum atomic E-state index is 9.27. The fourth-order valence-electron chi connectivity index (χ4n) is 1.03. The zero-order valence-corrected chi connectivity index (χ0v) is 8.60. The second kappa shape index (κ2) is 3.99. The Hall–Kier alpha value is -0.730. The summed E-state index contributed by atoms with van der Waals surface area (Å²) in [5.41, 5.74) is 2.15. The average Bonchev–Trinajstić information content (AvgIpc) is 2.01. The van der Waals surface area contributed by atoms with Crippen molar-refractivity contribution in [3.05, 3.63) is 29.8 Å². The van der Waals surface area contributed by atoms with E-state index in [1.165, 1.54) is 0 Å². The van der Waals surface area contributed by atoms with Gasteiger partial charge in [0.2, 0.25) is 0 Å². The lowest BCUT2D eigenvalue weighted by Gasteiger charge is -2.17. The first-order chi connectivity index (χ1) is 5.99. The van der Waals surface area contributed by atoms with Crippen molar-refractivity contribution >= 4 is 17.3 Å². The molecule has 0 heterocycles. The molecule has 1 unspecified atom stereocenters. The maximum Gasteiger partial charge on any atom is 0.152 e. The number of alkyl halides is 1. The smallest absolute Gasteiger partial charge is 0.152 e. The van der Waals surface area contributed by atoms with Crippen LogP contribution in [0.4, 0.5) is 5.69 Å². The van der Waals surface area contributed by atoms with Gasteiger partial charge in [-0.1, -0.05) is 29.8 Å². The van der Waals surface area contributed by atoms with Crippen molar-refractivity contribution < 1.29 is 5.11 Å². The molecule has 72 valence electrons. The monoisotopic (exact) mass is 199 g/mol. The van der Waals surface area contributed by atoms with Gasteiger partial charge in [-0.15, -0.1) is 0 Å². The molecule has 2 nitrogen and oxygen atoms in total. The molecular formula is C10H14ClNO. The summed E-state index contributed by atoms with van der Waals surface area (Å²) < 4.78 is 0. The highest BCUT2D eigenvalue weighted by Crippen LogP contribution is 2.16. The van der Waals surface area contributed by atoms with Gasteiger partial charge in [0.15, 0.2) is 5.06 Å². The molecule has 1 aromatic carbocycles. The van der Waals surface area contributed by atoms with E-state index < -0.39 is 5.06 Å². The molecule has 0 saturated heterocycles. The highest BCUT2D eigenvalue weighted by atomic mass is 35.5. The van der Waals surface area contributed by atoms with Crippen LogP contribution in [-0.2, 0) is 0 Å². The first-order valence-corrected chi connectivity index (χ1v) is 4.58. The Labute approximate surface area is 83.5 Å². The molecule has 0 saturated carbocycles. The lowest BCUT2D eigenvalue weighted by Crippen LogP contribution is -2.26. The summed E-state index contributed by atoms with van der Waals surface area (Å²) in [6, 6.07) is 7.88. The van der Waals surface area contributed by atoms with Gasteiger partial charge in [0.25, 0.3) is 0 Å². The molecule has 0 aromatic heterocycles. The predicted octanol–water partition coefficient (Wildman–Crippen LogP) is 2.35. The van der Waals surface area contributed by atoms with Crippen LogP contribution in [0.1, 0.15) is 12.5 Å². The third kappa shape index (κ3) is 3.66. The second-order valence-corrected chi connectivity index (χ2v) is 4.13. The van der Waals surface area contributed by atoms with Gasteiger partial charge in [-0.25, -0.2) is 0 Å². The van der Waals surface area contributed by atoms with Crippen LogP contribution < -0.4 is 5.32 Å². The van der Waals surface area contributed by atoms with Gasteiger partial charge in [0, 0.05) is 5.69 Å². The van der Waals surface area contributed by atoms with Crippen molar-refractivity contribution in [3.8, 4) is 0 Å². The van der Waals surface area contributed by atoms with Crippen molar-refractivity contribution in [1.82, 2.24) is 0 Å². The third-order valence-electron chi connectivity index (χ3n) is 1.75. The van der Waals surface area contributed by atoms with E-state index in [2.05, 4.69) is 5.32 Å². The molecule has 0 aliphatic carbocycles. The van der Waals surface area contributed by atoms with Crippen LogP contribution in [0.5, 0.6) is 0 Å². The molecular weight excluding hydrogens is 186 g/mol. The molecule has 0 spiro atoms. The van der Waals surface area contributed by atoms with Gasteiger partial charge in [-0.05, 0) is 25.5 Å². The molecule has 0 aliphatic heterocycles.